The summed E-state index contributed by atoms with van der Waals surface area (Å²) in [5, 5.41) is 12.2. The Hall–Kier alpha value is -2.41. The summed E-state index contributed by atoms with van der Waals surface area (Å²) in [5.41, 5.74) is 0.487. The highest BCUT2D eigenvalue weighted by Gasteiger charge is 2.58. The van der Waals surface area contributed by atoms with Gasteiger partial charge in [-0.3, -0.25) is 0 Å². The molecule has 5 atom stereocenters. The lowest BCUT2D eigenvalue weighted by Gasteiger charge is -2.28. The molecule has 5 rings (SSSR count). The van der Waals surface area contributed by atoms with Crippen LogP contribution in [0.2, 0.25) is 5.15 Å². The van der Waals surface area contributed by atoms with Gasteiger partial charge in [-0.05, 0) is 32.0 Å². The van der Waals surface area contributed by atoms with Crippen molar-refractivity contribution < 1.29 is 37.6 Å². The van der Waals surface area contributed by atoms with Crippen molar-refractivity contribution >= 4 is 22.6 Å². The summed E-state index contributed by atoms with van der Waals surface area (Å²) >= 11 is 6.19. The zero-order valence-corrected chi connectivity index (χ0v) is 19.2. The highest BCUT2D eigenvalue weighted by molar-refractivity contribution is 6.33. The molecule has 3 aromatic rings. The average molecular weight is 498 g/mol. The Morgan fingerprint density at radius 3 is 2.74 bits per heavy atom. The van der Waals surface area contributed by atoms with Crippen LogP contribution in [0, 0.1) is 11.6 Å². The van der Waals surface area contributed by atoms with Crippen LogP contribution in [0.3, 0.4) is 0 Å². The number of aromatic nitrogens is 3. The molecular weight excluding hydrogens is 476 g/mol. The van der Waals surface area contributed by atoms with Crippen molar-refractivity contribution in [3.05, 3.63) is 53.1 Å². The first-order valence-electron chi connectivity index (χ1n) is 10.5. The van der Waals surface area contributed by atoms with Gasteiger partial charge in [0.05, 0.1) is 5.39 Å². The number of aliphatic hydroxyl groups is 1. The van der Waals surface area contributed by atoms with Gasteiger partial charge in [-0.2, -0.15) is 4.39 Å². The molecule has 2 fully saturated rings. The van der Waals surface area contributed by atoms with E-state index in [9.17, 15) is 13.9 Å². The lowest BCUT2D eigenvalue weighted by Crippen LogP contribution is -2.34. The van der Waals surface area contributed by atoms with Gasteiger partial charge in [0.1, 0.15) is 41.5 Å². The first-order valence-corrected chi connectivity index (χ1v) is 10.9. The maximum Gasteiger partial charge on any atom is 0.201 e. The summed E-state index contributed by atoms with van der Waals surface area (Å²) < 4.78 is 58.6. The van der Waals surface area contributed by atoms with E-state index >= 15 is 0 Å². The average Bonchev–Trinajstić information content (AvgIpc) is 3.45. The smallest absolute Gasteiger partial charge is 0.201 e. The molecule has 9 nitrogen and oxygen atoms in total. The van der Waals surface area contributed by atoms with Crippen molar-refractivity contribution in [2.45, 2.75) is 50.3 Å². The molecule has 2 aliphatic rings. The summed E-state index contributed by atoms with van der Waals surface area (Å²) in [7, 11) is 1.34. The minimum atomic E-state index is -1.45. The molecule has 1 N–H and O–H groups in total. The molecule has 0 radical (unpaired) electrons. The van der Waals surface area contributed by atoms with Crippen molar-refractivity contribution in [1.82, 2.24) is 14.5 Å². The number of fused-ring (bicyclic) bond motifs is 2. The third kappa shape index (κ3) is 3.82. The van der Waals surface area contributed by atoms with Crippen molar-refractivity contribution in [3.63, 3.8) is 0 Å². The largest absolute Gasteiger partial charge is 0.464 e. The van der Waals surface area contributed by atoms with Gasteiger partial charge in [0, 0.05) is 18.9 Å². The minimum absolute atomic E-state index is 0.0172. The normalized spacial score (nSPS) is 26.7. The third-order valence-electron chi connectivity index (χ3n) is 5.83. The van der Waals surface area contributed by atoms with Gasteiger partial charge in [0.2, 0.25) is 5.82 Å². The lowest BCUT2D eigenvalue weighted by atomic mass is 9.98. The maximum atomic E-state index is 14.5. The zero-order chi connectivity index (χ0) is 24.2. The summed E-state index contributed by atoms with van der Waals surface area (Å²) in [6.45, 7) is 3.13. The van der Waals surface area contributed by atoms with Crippen molar-refractivity contribution in [1.29, 1.82) is 0 Å². The highest BCUT2D eigenvalue weighted by Crippen LogP contribution is 2.48. The quantitative estimate of drug-likeness (QED) is 0.408. The number of aliphatic hydroxyl groups excluding tert-OH is 1. The number of methoxy groups -OCH3 is 1. The molecular formula is C22H22ClF2N3O6. The number of nitrogens with zero attached hydrogens (tertiary/aromatic N) is 3. The van der Waals surface area contributed by atoms with Crippen LogP contribution in [0.4, 0.5) is 8.78 Å². The molecule has 0 bridgehead atoms. The molecule has 0 spiro atoms. The van der Waals surface area contributed by atoms with Crippen LogP contribution < -0.4 is 4.74 Å². The summed E-state index contributed by atoms with van der Waals surface area (Å²) in [5.74, 6) is -3.82. The van der Waals surface area contributed by atoms with Gasteiger partial charge < -0.3 is 33.4 Å². The molecule has 2 saturated heterocycles. The molecule has 0 amide bonds. The number of hydrogen-bond donors (Lipinski definition) is 1. The van der Waals surface area contributed by atoms with E-state index in [4.69, 9.17) is 35.3 Å². The first-order chi connectivity index (χ1) is 16.2. The predicted octanol–water partition coefficient (Wildman–Crippen LogP) is 3.50. The number of benzene rings is 1. The molecule has 2 aliphatic heterocycles. The van der Waals surface area contributed by atoms with Gasteiger partial charge in [-0.1, -0.05) is 11.6 Å². The third-order valence-corrected chi connectivity index (χ3v) is 6.13. The van der Waals surface area contributed by atoms with Gasteiger partial charge in [-0.15, -0.1) is 0 Å². The molecule has 34 heavy (non-hydrogen) atoms. The van der Waals surface area contributed by atoms with Crippen LogP contribution in [0.25, 0.3) is 11.0 Å². The van der Waals surface area contributed by atoms with E-state index in [2.05, 4.69) is 9.97 Å². The van der Waals surface area contributed by atoms with E-state index in [-0.39, 0.29) is 17.5 Å². The van der Waals surface area contributed by atoms with Crippen LogP contribution in [-0.2, 0) is 18.9 Å². The predicted molar refractivity (Wildman–Crippen MR) is 114 cm³/mol. The SMILES string of the molecule is COCOc1c([C@@H](O)[C@H]2O[C@@H](n3ccc4c(Cl)ncnc43)[C@@H]3OC(C)(C)OC32)ccc(F)c1F. The molecule has 12 heteroatoms. The topological polar surface area (TPSA) is 97.1 Å². The fraction of sp³-hybridized carbons (Fsp3) is 0.455. The molecule has 182 valence electrons. The summed E-state index contributed by atoms with van der Waals surface area (Å²) in [6, 6.07) is 3.89. The van der Waals surface area contributed by atoms with E-state index in [1.54, 1.807) is 30.7 Å². The van der Waals surface area contributed by atoms with Crippen molar-refractivity contribution in [2.75, 3.05) is 13.9 Å². The van der Waals surface area contributed by atoms with Gasteiger partial charge in [0.25, 0.3) is 0 Å². The second-order valence-electron chi connectivity index (χ2n) is 8.46. The molecule has 0 saturated carbocycles. The van der Waals surface area contributed by atoms with Crippen molar-refractivity contribution in [3.8, 4) is 5.75 Å². The maximum absolute atomic E-state index is 14.5. The minimum Gasteiger partial charge on any atom is -0.464 e. The Balaban J connectivity index is 1.54. The Bertz CT molecular complexity index is 1220. The van der Waals surface area contributed by atoms with Gasteiger partial charge >= 0.3 is 0 Å². The first kappa shape index (κ1) is 23.3. The second-order valence-corrected chi connectivity index (χ2v) is 8.81. The lowest BCUT2D eigenvalue weighted by molar-refractivity contribution is -0.207. The summed E-state index contributed by atoms with van der Waals surface area (Å²) in [4.78, 5) is 8.28. The summed E-state index contributed by atoms with van der Waals surface area (Å²) in [6.07, 6.45) is -1.56. The van der Waals surface area contributed by atoms with E-state index in [1.165, 1.54) is 19.5 Å². The second kappa shape index (κ2) is 8.67. The zero-order valence-electron chi connectivity index (χ0n) is 18.4. The standard InChI is InChI=1S/C22H22ClF2N3O6/c1-22(2)33-17-16(14(29)10-4-5-12(24)13(25)15(10)31-9-30-3)32-21(18(17)34-22)28-7-6-11-19(23)26-8-27-20(11)28/h4-8,14,16-18,21,29H,9H2,1-3H3/t14-,16-,17?,18-,21-/m1/s1. The highest BCUT2D eigenvalue weighted by atomic mass is 35.5. The van der Waals surface area contributed by atoms with Crippen LogP contribution >= 0.6 is 11.6 Å². The number of hydrogen-bond acceptors (Lipinski definition) is 8. The van der Waals surface area contributed by atoms with Crippen LogP contribution in [0.5, 0.6) is 5.75 Å². The fourth-order valence-electron chi connectivity index (χ4n) is 4.45. The molecule has 2 aromatic heterocycles. The monoisotopic (exact) mass is 497 g/mol. The van der Waals surface area contributed by atoms with E-state index in [0.29, 0.717) is 11.0 Å². The molecule has 1 aromatic carbocycles. The fourth-order valence-corrected chi connectivity index (χ4v) is 4.64. The van der Waals surface area contributed by atoms with Crippen molar-refractivity contribution in [2.24, 2.45) is 0 Å². The Morgan fingerprint density at radius 2 is 1.97 bits per heavy atom. The number of halogens is 3. The number of rotatable bonds is 6. The van der Waals surface area contributed by atoms with Crippen LogP contribution in [0.15, 0.2) is 30.7 Å². The molecule has 0 aliphatic carbocycles. The van der Waals surface area contributed by atoms with E-state index in [1.807, 2.05) is 0 Å². The Morgan fingerprint density at radius 1 is 1.21 bits per heavy atom. The van der Waals surface area contributed by atoms with E-state index < -0.39 is 53.8 Å². The molecule has 4 heterocycles. The van der Waals surface area contributed by atoms with Crippen LogP contribution in [0.1, 0.15) is 31.7 Å². The Kier molecular flexibility index (Phi) is 5.95. The molecule has 1 unspecified atom stereocenters. The van der Waals surface area contributed by atoms with Crippen LogP contribution in [-0.4, -0.2) is 57.6 Å². The number of ether oxygens (including phenoxy) is 5. The van der Waals surface area contributed by atoms with Gasteiger partial charge in [0.15, 0.2) is 30.4 Å². The Labute approximate surface area is 198 Å². The van der Waals surface area contributed by atoms with Gasteiger partial charge in [-0.25, -0.2) is 14.4 Å². The van der Waals surface area contributed by atoms with E-state index in [0.717, 1.165) is 6.07 Å².